The Kier molecular flexibility index (Phi) is 18.8. The predicted molar refractivity (Wildman–Crippen MR) is 237 cm³/mol. The van der Waals surface area contributed by atoms with Crippen molar-refractivity contribution in [3.8, 4) is 12.1 Å². The molecule has 3 N–H and O–H groups in total. The Balaban J connectivity index is 0.000000358. The molecule has 2 atom stereocenters. The molecule has 0 saturated carbocycles. The van der Waals surface area contributed by atoms with E-state index < -0.39 is 58.3 Å². The SMILES string of the molecule is C=CCC.Cc1c(N)ccc(C#N)c1C.[C-]#[N+]c1ccc(CC(=O)[C@@](C)(O)CN(C)c2ccc(C#N)c(C)c2C)cc1C(F)(F)F.[C-]#[N+]c1ccc(CC(=O)[C@]2(C)CO2)cc1C(F)(F)F. The van der Waals surface area contributed by atoms with Gasteiger partial charge in [-0.15, -0.1) is 6.58 Å². The van der Waals surface area contributed by atoms with Crippen molar-refractivity contribution in [2.45, 2.75) is 91.3 Å². The third-order valence-electron chi connectivity index (χ3n) is 10.5. The van der Waals surface area contributed by atoms with Crippen molar-refractivity contribution < 1.29 is 45.8 Å². The lowest BCUT2D eigenvalue weighted by Gasteiger charge is -2.31. The van der Waals surface area contributed by atoms with E-state index in [1.54, 1.807) is 50.1 Å². The van der Waals surface area contributed by atoms with Crippen LogP contribution in [0.15, 0.2) is 73.3 Å². The number of carbonyl (C=O) groups is 2. The van der Waals surface area contributed by atoms with E-state index in [0.717, 1.165) is 64.3 Å². The number of hydrogen-bond donors (Lipinski definition) is 2. The molecule has 1 saturated heterocycles. The standard InChI is InChI=1S/C23H22F3N3O2.C13H10F3NO2.C9H10N2.C4H8/c1-14-15(2)20(9-7-17(14)12-27)29(5)13-22(3,31)21(30)11-16-6-8-19(28-4)18(10-16)23(24,25)26;1-12(7-19-12)11(18)6-8-3-4-10(17-2)9(5-8)13(14,15)16;1-6-7(2)9(11)4-3-8(6)5-10;1-3-4-2/h6-10,31H,11,13H2,1-3,5H3;3-5H,6-7H2,1H3;3-4H,11H2,1-2H3;3H,1,4H2,2H3/t22-;12-;;/m00../s1. The summed E-state index contributed by atoms with van der Waals surface area (Å²) in [6.07, 6.45) is -6.89. The average molecular weight is 901 g/mol. The van der Waals surface area contributed by atoms with E-state index in [1.165, 1.54) is 19.1 Å². The molecule has 0 aromatic heterocycles. The molecule has 4 aromatic carbocycles. The molecule has 0 aliphatic carbocycles. The molecule has 5 rings (SSSR count). The third-order valence-corrected chi connectivity index (χ3v) is 10.5. The summed E-state index contributed by atoms with van der Waals surface area (Å²) in [5.74, 6) is -0.901. The number of benzene rings is 4. The molecule has 1 fully saturated rings. The van der Waals surface area contributed by atoms with Crippen molar-refractivity contribution in [2.75, 3.05) is 30.8 Å². The van der Waals surface area contributed by atoms with Gasteiger partial charge >= 0.3 is 12.4 Å². The first-order chi connectivity index (χ1) is 30.2. The Hall–Kier alpha value is -6.98. The van der Waals surface area contributed by atoms with Gasteiger partial charge in [-0.2, -0.15) is 36.9 Å². The second-order valence-corrected chi connectivity index (χ2v) is 15.5. The Morgan fingerprint density at radius 1 is 0.846 bits per heavy atom. The lowest BCUT2D eigenvalue weighted by Crippen LogP contribution is -2.46. The summed E-state index contributed by atoms with van der Waals surface area (Å²) < 4.78 is 82.7. The van der Waals surface area contributed by atoms with Crippen LogP contribution in [0.3, 0.4) is 0 Å². The lowest BCUT2D eigenvalue weighted by molar-refractivity contribution is -0.137. The van der Waals surface area contributed by atoms with Crippen LogP contribution in [-0.2, 0) is 39.5 Å². The molecule has 0 radical (unpaired) electrons. The highest BCUT2D eigenvalue weighted by atomic mass is 19.4. The first-order valence-corrected chi connectivity index (χ1v) is 19.8. The van der Waals surface area contributed by atoms with Gasteiger partial charge in [0.25, 0.3) is 0 Å². The molecule has 0 amide bonds. The van der Waals surface area contributed by atoms with E-state index in [4.69, 9.17) is 34.1 Å². The number of epoxide rings is 1. The highest BCUT2D eigenvalue weighted by Gasteiger charge is 2.46. The zero-order valence-electron chi connectivity index (χ0n) is 37.3. The summed E-state index contributed by atoms with van der Waals surface area (Å²) in [4.78, 5) is 31.8. The van der Waals surface area contributed by atoms with Gasteiger partial charge in [0.15, 0.2) is 22.9 Å². The summed E-state index contributed by atoms with van der Waals surface area (Å²) >= 11 is 0. The zero-order chi connectivity index (χ0) is 49.7. The van der Waals surface area contributed by atoms with Gasteiger partial charge in [-0.1, -0.05) is 49.4 Å². The molecule has 1 heterocycles. The van der Waals surface area contributed by atoms with Gasteiger partial charge in [0.2, 0.25) is 0 Å². The second kappa shape index (κ2) is 22.6. The second-order valence-electron chi connectivity index (χ2n) is 15.5. The number of nitriles is 2. The minimum absolute atomic E-state index is 0.0676. The van der Waals surface area contributed by atoms with Crippen LogP contribution in [0, 0.1) is 63.5 Å². The maximum atomic E-state index is 13.2. The number of rotatable bonds is 10. The van der Waals surface area contributed by atoms with Crippen molar-refractivity contribution >= 4 is 34.3 Å². The maximum Gasteiger partial charge on any atom is 0.407 e. The number of allylic oxidation sites excluding steroid dienone is 1. The van der Waals surface area contributed by atoms with Gasteiger partial charge in [-0.25, -0.2) is 9.69 Å². The Bertz CT molecular complexity index is 2570. The van der Waals surface area contributed by atoms with Crippen molar-refractivity contribution in [2.24, 2.45) is 0 Å². The summed E-state index contributed by atoms with van der Waals surface area (Å²) in [5, 5.41) is 28.5. The lowest BCUT2D eigenvalue weighted by atomic mass is 9.93. The number of aliphatic hydroxyl groups is 1. The molecular weight excluding hydrogens is 851 g/mol. The normalized spacial score (nSPS) is 14.6. The predicted octanol–water partition coefficient (Wildman–Crippen LogP) is 11.2. The van der Waals surface area contributed by atoms with E-state index in [1.807, 2.05) is 26.8 Å². The Morgan fingerprint density at radius 3 is 1.68 bits per heavy atom. The number of ether oxygens (including phenoxy) is 1. The largest absolute Gasteiger partial charge is 0.407 e. The molecular formula is C49H50F6N6O4. The van der Waals surface area contributed by atoms with E-state index in [-0.39, 0.29) is 29.9 Å². The van der Waals surface area contributed by atoms with E-state index in [2.05, 4.69) is 35.3 Å². The number of likely N-dealkylation sites (N-methyl/N-ethyl adjacent to an activating group) is 1. The van der Waals surface area contributed by atoms with Crippen molar-refractivity contribution in [3.05, 3.63) is 152 Å². The van der Waals surface area contributed by atoms with Gasteiger partial charge in [0, 0.05) is 31.3 Å². The number of hydrogen-bond acceptors (Lipinski definition) is 8. The van der Waals surface area contributed by atoms with E-state index in [9.17, 15) is 41.0 Å². The molecule has 10 nitrogen and oxygen atoms in total. The number of nitrogens with zero attached hydrogens (tertiary/aromatic N) is 5. The fourth-order valence-electron chi connectivity index (χ4n) is 5.99. The Morgan fingerprint density at radius 2 is 1.28 bits per heavy atom. The molecule has 1 aliphatic rings. The fourth-order valence-corrected chi connectivity index (χ4v) is 5.99. The van der Waals surface area contributed by atoms with E-state index in [0.29, 0.717) is 17.7 Å². The number of alkyl halides is 6. The van der Waals surface area contributed by atoms with Crippen molar-refractivity contribution in [1.82, 2.24) is 0 Å². The van der Waals surface area contributed by atoms with Crippen LogP contribution in [0.1, 0.15) is 82.8 Å². The monoisotopic (exact) mass is 900 g/mol. The van der Waals surface area contributed by atoms with Gasteiger partial charge in [-0.3, -0.25) is 9.59 Å². The molecule has 0 spiro atoms. The van der Waals surface area contributed by atoms with Crippen molar-refractivity contribution in [1.29, 1.82) is 10.5 Å². The smallest absolute Gasteiger partial charge is 0.399 e. The summed E-state index contributed by atoms with van der Waals surface area (Å²) in [7, 11) is 1.68. The number of Topliss-reactive ketones (excluding diaryl/α,β-unsaturated/α-hetero) is 2. The van der Waals surface area contributed by atoms with Gasteiger partial charge in [0.05, 0.1) is 60.7 Å². The van der Waals surface area contributed by atoms with Gasteiger partial charge < -0.3 is 20.5 Å². The number of anilines is 2. The number of carbonyl (C=O) groups excluding carboxylic acids is 2. The van der Waals surface area contributed by atoms with Crippen LogP contribution >= 0.6 is 0 Å². The number of nitrogen functional groups attached to an aromatic ring is 1. The van der Waals surface area contributed by atoms with Crippen LogP contribution < -0.4 is 10.6 Å². The van der Waals surface area contributed by atoms with Crippen molar-refractivity contribution in [3.63, 3.8) is 0 Å². The Labute approximate surface area is 375 Å². The first kappa shape index (κ1) is 54.2. The van der Waals surface area contributed by atoms with E-state index >= 15 is 0 Å². The average Bonchev–Trinajstić information content (AvgIpc) is 4.01. The molecule has 0 unspecified atom stereocenters. The minimum Gasteiger partial charge on any atom is -0.399 e. The molecule has 0 bridgehead atoms. The summed E-state index contributed by atoms with van der Waals surface area (Å²) in [6, 6.07) is 17.5. The third kappa shape index (κ3) is 14.8. The van der Waals surface area contributed by atoms with Crippen LogP contribution in [0.25, 0.3) is 9.69 Å². The highest BCUT2D eigenvalue weighted by molar-refractivity contribution is 5.91. The first-order valence-electron chi connectivity index (χ1n) is 19.8. The molecule has 1 aliphatic heterocycles. The van der Waals surface area contributed by atoms with Gasteiger partial charge in [0.1, 0.15) is 11.2 Å². The molecule has 342 valence electrons. The van der Waals surface area contributed by atoms with Gasteiger partial charge in [-0.05, 0) is 106 Å². The summed E-state index contributed by atoms with van der Waals surface area (Å²) in [6.45, 7) is 29.7. The fraction of sp³-hybridized carbons (Fsp3) is 0.347. The van der Waals surface area contributed by atoms with Crippen LogP contribution in [0.5, 0.6) is 0 Å². The number of nitrogens with two attached hydrogens (primary N) is 1. The maximum absolute atomic E-state index is 13.2. The van der Waals surface area contributed by atoms with Crippen LogP contribution in [-0.4, -0.2) is 48.1 Å². The topological polar surface area (TPSA) is 152 Å². The van der Waals surface area contributed by atoms with Crippen LogP contribution in [0.4, 0.5) is 49.1 Å². The quantitative estimate of drug-likeness (QED) is 0.0524. The zero-order valence-corrected chi connectivity index (χ0v) is 37.3. The summed E-state index contributed by atoms with van der Waals surface area (Å²) in [5.41, 5.74) is 6.46. The van der Waals surface area contributed by atoms with Crippen LogP contribution in [0.2, 0.25) is 0 Å². The number of ketones is 2. The highest BCUT2D eigenvalue weighted by Crippen LogP contribution is 2.39. The number of halogens is 6. The molecule has 4 aromatic rings. The minimum atomic E-state index is -4.72. The molecule has 65 heavy (non-hydrogen) atoms. The molecule has 16 heteroatoms.